The SMILES string of the molecule is COc1ncccc1C(=O)Nc1cnc(N2CCCCC2)nc1. The quantitative estimate of drug-likeness (QED) is 0.931. The molecular weight excluding hydrogens is 294 g/mol. The Hall–Kier alpha value is -2.70. The van der Waals surface area contributed by atoms with Crippen LogP contribution in [0.15, 0.2) is 30.7 Å². The number of pyridine rings is 1. The number of anilines is 2. The third-order valence-corrected chi connectivity index (χ3v) is 3.74. The standard InChI is InChI=1S/C16H19N5O2/c1-23-15-13(6-5-7-17-15)14(22)20-12-10-18-16(19-11-12)21-8-3-2-4-9-21/h5-7,10-11H,2-4,8-9H2,1H3,(H,20,22). The molecule has 0 aliphatic carbocycles. The van der Waals surface area contributed by atoms with Crippen LogP contribution in [-0.2, 0) is 0 Å². The zero-order valence-electron chi connectivity index (χ0n) is 13.0. The second-order valence-corrected chi connectivity index (χ2v) is 5.33. The van der Waals surface area contributed by atoms with Crippen LogP contribution >= 0.6 is 0 Å². The smallest absolute Gasteiger partial charge is 0.261 e. The number of nitrogens with zero attached hydrogens (tertiary/aromatic N) is 4. The van der Waals surface area contributed by atoms with Crippen molar-refractivity contribution in [3.8, 4) is 5.88 Å². The highest BCUT2D eigenvalue weighted by Crippen LogP contribution is 2.18. The molecule has 0 bridgehead atoms. The number of ether oxygens (including phenoxy) is 1. The van der Waals surface area contributed by atoms with E-state index >= 15 is 0 Å². The first-order valence-electron chi connectivity index (χ1n) is 7.65. The lowest BCUT2D eigenvalue weighted by Crippen LogP contribution is -2.30. The van der Waals surface area contributed by atoms with Gasteiger partial charge in [-0.05, 0) is 31.4 Å². The minimum absolute atomic E-state index is 0.288. The molecule has 120 valence electrons. The van der Waals surface area contributed by atoms with Gasteiger partial charge < -0.3 is 15.0 Å². The molecule has 1 aliphatic rings. The number of piperidine rings is 1. The lowest BCUT2D eigenvalue weighted by atomic mass is 10.1. The Morgan fingerprint density at radius 2 is 1.91 bits per heavy atom. The van der Waals surface area contributed by atoms with E-state index in [-0.39, 0.29) is 11.8 Å². The maximum absolute atomic E-state index is 12.3. The van der Waals surface area contributed by atoms with Gasteiger partial charge in [-0.2, -0.15) is 0 Å². The molecule has 2 aromatic rings. The topological polar surface area (TPSA) is 80.2 Å². The number of hydrogen-bond acceptors (Lipinski definition) is 6. The predicted molar refractivity (Wildman–Crippen MR) is 86.8 cm³/mol. The molecule has 7 heteroatoms. The highest BCUT2D eigenvalue weighted by atomic mass is 16.5. The van der Waals surface area contributed by atoms with Gasteiger partial charge >= 0.3 is 0 Å². The van der Waals surface area contributed by atoms with Gasteiger partial charge in [0.1, 0.15) is 5.56 Å². The molecule has 2 aromatic heterocycles. The number of carbonyl (C=O) groups excluding carboxylic acids is 1. The Kier molecular flexibility index (Phi) is 4.65. The largest absolute Gasteiger partial charge is 0.480 e. The summed E-state index contributed by atoms with van der Waals surface area (Å²) in [6, 6.07) is 3.34. The highest BCUT2D eigenvalue weighted by molar-refractivity contribution is 6.05. The number of rotatable bonds is 4. The third kappa shape index (κ3) is 3.56. The van der Waals surface area contributed by atoms with E-state index in [1.165, 1.54) is 26.4 Å². The van der Waals surface area contributed by atoms with Crippen molar-refractivity contribution in [1.29, 1.82) is 0 Å². The van der Waals surface area contributed by atoms with Gasteiger partial charge in [-0.15, -0.1) is 0 Å². The molecule has 1 N–H and O–H groups in total. The number of aromatic nitrogens is 3. The molecule has 0 saturated carbocycles. The zero-order chi connectivity index (χ0) is 16.1. The molecule has 1 amide bonds. The third-order valence-electron chi connectivity index (χ3n) is 3.74. The van der Waals surface area contributed by atoms with Gasteiger partial charge in [0.25, 0.3) is 5.91 Å². The van der Waals surface area contributed by atoms with Gasteiger partial charge in [-0.1, -0.05) is 0 Å². The lowest BCUT2D eigenvalue weighted by Gasteiger charge is -2.26. The fourth-order valence-electron chi connectivity index (χ4n) is 2.57. The van der Waals surface area contributed by atoms with Crippen LogP contribution in [-0.4, -0.2) is 41.1 Å². The average molecular weight is 313 g/mol. The van der Waals surface area contributed by atoms with Crippen LogP contribution in [0.5, 0.6) is 5.88 Å². The van der Waals surface area contributed by atoms with Crippen molar-refractivity contribution in [2.75, 3.05) is 30.4 Å². The van der Waals surface area contributed by atoms with E-state index in [9.17, 15) is 4.79 Å². The Morgan fingerprint density at radius 1 is 1.17 bits per heavy atom. The first kappa shape index (κ1) is 15.2. The van der Waals surface area contributed by atoms with Crippen LogP contribution in [0.2, 0.25) is 0 Å². The summed E-state index contributed by atoms with van der Waals surface area (Å²) in [6.07, 6.45) is 8.42. The number of amides is 1. The van der Waals surface area contributed by atoms with Crippen LogP contribution in [0.4, 0.5) is 11.6 Å². The van der Waals surface area contributed by atoms with Gasteiger partial charge in [0, 0.05) is 19.3 Å². The molecule has 3 heterocycles. The van der Waals surface area contributed by atoms with Crippen LogP contribution in [0.25, 0.3) is 0 Å². The van der Waals surface area contributed by atoms with Crippen molar-refractivity contribution >= 4 is 17.5 Å². The molecule has 7 nitrogen and oxygen atoms in total. The summed E-state index contributed by atoms with van der Waals surface area (Å²) in [5, 5.41) is 2.76. The van der Waals surface area contributed by atoms with E-state index in [4.69, 9.17) is 4.74 Å². The van der Waals surface area contributed by atoms with Crippen LogP contribution < -0.4 is 15.0 Å². The van der Waals surface area contributed by atoms with Crippen molar-refractivity contribution in [3.05, 3.63) is 36.3 Å². The summed E-state index contributed by atoms with van der Waals surface area (Å²) in [5.74, 6) is 0.696. The van der Waals surface area contributed by atoms with E-state index in [1.54, 1.807) is 30.7 Å². The van der Waals surface area contributed by atoms with E-state index in [0.717, 1.165) is 13.1 Å². The highest BCUT2D eigenvalue weighted by Gasteiger charge is 2.15. The first-order chi connectivity index (χ1) is 11.3. The van der Waals surface area contributed by atoms with Crippen molar-refractivity contribution in [2.45, 2.75) is 19.3 Å². The maximum Gasteiger partial charge on any atom is 0.261 e. The Morgan fingerprint density at radius 3 is 2.61 bits per heavy atom. The number of hydrogen-bond donors (Lipinski definition) is 1. The monoisotopic (exact) mass is 313 g/mol. The van der Waals surface area contributed by atoms with Gasteiger partial charge in [0.05, 0.1) is 25.2 Å². The average Bonchev–Trinajstić information content (AvgIpc) is 2.63. The normalized spacial score (nSPS) is 14.4. The van der Waals surface area contributed by atoms with E-state index in [2.05, 4.69) is 25.2 Å². The molecule has 0 spiro atoms. The lowest BCUT2D eigenvalue weighted by molar-refractivity contribution is 0.102. The minimum atomic E-state index is -0.302. The summed E-state index contributed by atoms with van der Waals surface area (Å²) in [6.45, 7) is 1.97. The van der Waals surface area contributed by atoms with Crippen LogP contribution in [0.3, 0.4) is 0 Å². The fraction of sp³-hybridized carbons (Fsp3) is 0.375. The van der Waals surface area contributed by atoms with Gasteiger partial charge in [-0.25, -0.2) is 15.0 Å². The number of carbonyl (C=O) groups is 1. The molecule has 3 rings (SSSR count). The summed E-state index contributed by atoms with van der Waals surface area (Å²) < 4.78 is 5.09. The van der Waals surface area contributed by atoms with Crippen molar-refractivity contribution < 1.29 is 9.53 Å². The Bertz CT molecular complexity index is 668. The molecule has 0 unspecified atom stereocenters. The maximum atomic E-state index is 12.3. The summed E-state index contributed by atoms with van der Waals surface area (Å²) in [4.78, 5) is 27.2. The molecule has 0 radical (unpaired) electrons. The van der Waals surface area contributed by atoms with E-state index in [0.29, 0.717) is 17.2 Å². The predicted octanol–water partition coefficient (Wildman–Crippen LogP) is 2.12. The van der Waals surface area contributed by atoms with Crippen molar-refractivity contribution in [2.24, 2.45) is 0 Å². The van der Waals surface area contributed by atoms with Crippen molar-refractivity contribution in [1.82, 2.24) is 15.0 Å². The van der Waals surface area contributed by atoms with Gasteiger partial charge in [0.15, 0.2) is 0 Å². The summed E-state index contributed by atoms with van der Waals surface area (Å²) >= 11 is 0. The molecule has 1 saturated heterocycles. The zero-order valence-corrected chi connectivity index (χ0v) is 13.0. The van der Waals surface area contributed by atoms with Gasteiger partial charge in [0.2, 0.25) is 11.8 Å². The Balaban J connectivity index is 1.69. The van der Waals surface area contributed by atoms with Crippen molar-refractivity contribution in [3.63, 3.8) is 0 Å². The number of methoxy groups -OCH3 is 1. The molecule has 0 aromatic carbocycles. The summed E-state index contributed by atoms with van der Waals surface area (Å²) in [7, 11) is 1.48. The second-order valence-electron chi connectivity index (χ2n) is 5.33. The minimum Gasteiger partial charge on any atom is -0.480 e. The molecular formula is C16H19N5O2. The molecule has 1 fully saturated rings. The number of nitrogens with one attached hydrogen (secondary N) is 1. The molecule has 1 aliphatic heterocycles. The van der Waals surface area contributed by atoms with Gasteiger partial charge in [-0.3, -0.25) is 4.79 Å². The summed E-state index contributed by atoms with van der Waals surface area (Å²) in [5.41, 5.74) is 0.914. The molecule has 23 heavy (non-hydrogen) atoms. The van der Waals surface area contributed by atoms with Crippen LogP contribution in [0, 0.1) is 0 Å². The van der Waals surface area contributed by atoms with E-state index in [1.807, 2.05) is 0 Å². The first-order valence-corrected chi connectivity index (χ1v) is 7.65. The fourth-order valence-corrected chi connectivity index (χ4v) is 2.57. The molecule has 0 atom stereocenters. The van der Waals surface area contributed by atoms with Crippen LogP contribution in [0.1, 0.15) is 29.6 Å². The van der Waals surface area contributed by atoms with E-state index < -0.39 is 0 Å². The Labute approximate surface area is 134 Å². The second kappa shape index (κ2) is 7.04.